The second kappa shape index (κ2) is 9.14. The number of benzene rings is 1. The molecule has 2 rings (SSSR count). The quantitative estimate of drug-likeness (QED) is 0.707. The average Bonchev–Trinajstić information content (AvgIpc) is 3.06. The third kappa shape index (κ3) is 5.70. The Morgan fingerprint density at radius 1 is 1.22 bits per heavy atom. The summed E-state index contributed by atoms with van der Waals surface area (Å²) < 4.78 is 11.2. The lowest BCUT2D eigenvalue weighted by molar-refractivity contribution is 0.230. The van der Waals surface area contributed by atoms with Crippen molar-refractivity contribution in [3.05, 3.63) is 23.8 Å². The van der Waals surface area contributed by atoms with Gasteiger partial charge in [-0.15, -0.1) is 0 Å². The summed E-state index contributed by atoms with van der Waals surface area (Å²) in [5.41, 5.74) is 1.22. The van der Waals surface area contributed by atoms with Crippen molar-refractivity contribution >= 4 is 0 Å². The van der Waals surface area contributed by atoms with Crippen LogP contribution in [0.15, 0.2) is 18.2 Å². The van der Waals surface area contributed by atoms with Gasteiger partial charge in [-0.25, -0.2) is 0 Å². The van der Waals surface area contributed by atoms with Gasteiger partial charge in [-0.05, 0) is 51.4 Å². The van der Waals surface area contributed by atoms with Crippen LogP contribution in [0.5, 0.6) is 11.5 Å². The van der Waals surface area contributed by atoms with Gasteiger partial charge < -0.3 is 19.7 Å². The van der Waals surface area contributed by atoms with Crippen molar-refractivity contribution in [2.24, 2.45) is 0 Å². The molecule has 1 aromatic rings. The highest BCUT2D eigenvalue weighted by Gasteiger charge is 2.18. The van der Waals surface area contributed by atoms with Crippen LogP contribution in [0.3, 0.4) is 0 Å². The molecular formula is C19H32N2O2. The van der Waals surface area contributed by atoms with Crippen molar-refractivity contribution in [1.29, 1.82) is 0 Å². The van der Waals surface area contributed by atoms with Gasteiger partial charge in [0.15, 0.2) is 11.5 Å². The van der Waals surface area contributed by atoms with E-state index in [2.05, 4.69) is 29.4 Å². The minimum atomic E-state index is 0.152. The Morgan fingerprint density at radius 2 is 1.96 bits per heavy atom. The molecule has 1 saturated carbocycles. The highest BCUT2D eigenvalue weighted by atomic mass is 16.5. The number of hydrogen-bond acceptors (Lipinski definition) is 4. The molecule has 0 aromatic heterocycles. The number of nitrogens with one attached hydrogen (secondary N) is 1. The number of rotatable bonds is 9. The lowest BCUT2D eigenvalue weighted by Crippen LogP contribution is -2.35. The van der Waals surface area contributed by atoms with Gasteiger partial charge in [-0.3, -0.25) is 0 Å². The topological polar surface area (TPSA) is 33.7 Å². The van der Waals surface area contributed by atoms with Crippen LogP contribution >= 0.6 is 0 Å². The first-order valence-electron chi connectivity index (χ1n) is 8.84. The van der Waals surface area contributed by atoms with E-state index in [-0.39, 0.29) is 6.10 Å². The molecular weight excluding hydrogens is 288 g/mol. The van der Waals surface area contributed by atoms with Gasteiger partial charge in [-0.1, -0.05) is 18.9 Å². The van der Waals surface area contributed by atoms with E-state index in [1.165, 1.54) is 31.2 Å². The van der Waals surface area contributed by atoms with Gasteiger partial charge in [-0.2, -0.15) is 0 Å². The predicted molar refractivity (Wildman–Crippen MR) is 95.4 cm³/mol. The molecule has 0 atom stereocenters. The molecule has 130 valence electrons. The van der Waals surface area contributed by atoms with Gasteiger partial charge in [0.25, 0.3) is 0 Å². The molecule has 4 heteroatoms. The van der Waals surface area contributed by atoms with E-state index in [1.54, 1.807) is 7.11 Å². The van der Waals surface area contributed by atoms with E-state index >= 15 is 0 Å². The van der Waals surface area contributed by atoms with Crippen LogP contribution in [0.25, 0.3) is 0 Å². The molecule has 1 N–H and O–H groups in total. The second-order valence-electron chi connectivity index (χ2n) is 6.75. The Balaban J connectivity index is 1.76. The Morgan fingerprint density at radius 3 is 2.61 bits per heavy atom. The van der Waals surface area contributed by atoms with E-state index in [0.717, 1.165) is 37.2 Å². The Bertz CT molecular complexity index is 470. The third-order valence-corrected chi connectivity index (χ3v) is 4.51. The first-order valence-corrected chi connectivity index (χ1v) is 8.84. The number of nitrogens with zero attached hydrogens (tertiary/aromatic N) is 1. The molecule has 1 aromatic carbocycles. The molecule has 0 heterocycles. The van der Waals surface area contributed by atoms with Crippen LogP contribution in [0.4, 0.5) is 0 Å². The monoisotopic (exact) mass is 320 g/mol. The van der Waals surface area contributed by atoms with Crippen LogP contribution in [-0.4, -0.2) is 44.3 Å². The minimum absolute atomic E-state index is 0.152. The molecule has 1 aliphatic carbocycles. The first kappa shape index (κ1) is 18.1. The van der Waals surface area contributed by atoms with E-state index in [9.17, 15) is 0 Å². The van der Waals surface area contributed by atoms with Crippen molar-refractivity contribution in [2.45, 2.75) is 58.2 Å². The van der Waals surface area contributed by atoms with Crippen molar-refractivity contribution in [2.75, 3.05) is 27.2 Å². The van der Waals surface area contributed by atoms with Gasteiger partial charge in [0.1, 0.15) is 0 Å². The van der Waals surface area contributed by atoms with Gasteiger partial charge in [0, 0.05) is 25.7 Å². The Hall–Kier alpha value is -1.26. The zero-order chi connectivity index (χ0) is 16.7. The van der Waals surface area contributed by atoms with Gasteiger partial charge >= 0.3 is 0 Å². The maximum absolute atomic E-state index is 5.75. The van der Waals surface area contributed by atoms with Gasteiger partial charge in [0.2, 0.25) is 0 Å². The van der Waals surface area contributed by atoms with Crippen LogP contribution in [-0.2, 0) is 6.54 Å². The summed E-state index contributed by atoms with van der Waals surface area (Å²) in [6.45, 7) is 7.03. The molecule has 0 unspecified atom stereocenters. The van der Waals surface area contributed by atoms with Crippen molar-refractivity contribution in [3.63, 3.8) is 0 Å². The van der Waals surface area contributed by atoms with Crippen LogP contribution in [0, 0.1) is 0 Å². The number of methoxy groups -OCH3 is 1. The Kier molecular flexibility index (Phi) is 7.18. The zero-order valence-electron chi connectivity index (χ0n) is 15.1. The van der Waals surface area contributed by atoms with Gasteiger partial charge in [0.05, 0.1) is 13.2 Å². The molecule has 0 spiro atoms. The average molecular weight is 320 g/mol. The maximum atomic E-state index is 5.75. The normalized spacial score (nSPS) is 15.6. The molecule has 0 saturated heterocycles. The highest BCUT2D eigenvalue weighted by molar-refractivity contribution is 5.43. The van der Waals surface area contributed by atoms with E-state index in [1.807, 2.05) is 19.9 Å². The minimum Gasteiger partial charge on any atom is -0.493 e. The third-order valence-electron chi connectivity index (χ3n) is 4.51. The fourth-order valence-electron chi connectivity index (χ4n) is 3.19. The largest absolute Gasteiger partial charge is 0.493 e. The van der Waals surface area contributed by atoms with Crippen LogP contribution < -0.4 is 14.8 Å². The van der Waals surface area contributed by atoms with Crippen molar-refractivity contribution < 1.29 is 9.47 Å². The smallest absolute Gasteiger partial charge is 0.161 e. The second-order valence-corrected chi connectivity index (χ2v) is 6.75. The zero-order valence-corrected chi connectivity index (χ0v) is 15.1. The van der Waals surface area contributed by atoms with Crippen LogP contribution in [0.1, 0.15) is 45.1 Å². The Labute approximate surface area is 141 Å². The maximum Gasteiger partial charge on any atom is 0.161 e. The fourth-order valence-corrected chi connectivity index (χ4v) is 3.19. The molecule has 0 amide bonds. The summed E-state index contributed by atoms with van der Waals surface area (Å²) in [5.74, 6) is 1.62. The van der Waals surface area contributed by atoms with E-state index < -0.39 is 0 Å². The van der Waals surface area contributed by atoms with E-state index in [0.29, 0.717) is 0 Å². The highest BCUT2D eigenvalue weighted by Crippen LogP contribution is 2.29. The summed E-state index contributed by atoms with van der Waals surface area (Å²) in [5, 5.41) is 3.53. The summed E-state index contributed by atoms with van der Waals surface area (Å²) in [6, 6.07) is 6.96. The first-order chi connectivity index (χ1) is 11.1. The molecule has 0 aliphatic heterocycles. The summed E-state index contributed by atoms with van der Waals surface area (Å²) in [6.07, 6.45) is 5.68. The predicted octanol–water partition coefficient (Wildman–Crippen LogP) is 3.45. The van der Waals surface area contributed by atoms with E-state index in [4.69, 9.17) is 9.47 Å². The molecule has 1 fully saturated rings. The summed E-state index contributed by atoms with van der Waals surface area (Å²) in [7, 11) is 3.94. The molecule has 1 aliphatic rings. The van der Waals surface area contributed by atoms with Crippen molar-refractivity contribution in [3.8, 4) is 11.5 Å². The van der Waals surface area contributed by atoms with Crippen LogP contribution in [0.2, 0.25) is 0 Å². The number of hydrogen-bond donors (Lipinski definition) is 1. The standard InChI is InChI=1S/C19H32N2O2/c1-15(2)23-18-10-9-16(13-19(18)22-4)14-20-11-12-21(3)17-7-5-6-8-17/h9-10,13,15,17,20H,5-8,11-12,14H2,1-4H3. The fraction of sp³-hybridized carbons (Fsp3) is 0.684. The SMILES string of the molecule is COc1cc(CNCCN(C)C2CCCC2)ccc1OC(C)C. The molecule has 23 heavy (non-hydrogen) atoms. The summed E-state index contributed by atoms with van der Waals surface area (Å²) >= 11 is 0. The summed E-state index contributed by atoms with van der Waals surface area (Å²) in [4.78, 5) is 2.50. The van der Waals surface area contributed by atoms with Crippen molar-refractivity contribution in [1.82, 2.24) is 10.2 Å². The number of likely N-dealkylation sites (N-methyl/N-ethyl adjacent to an activating group) is 1. The molecule has 4 nitrogen and oxygen atoms in total. The molecule has 0 bridgehead atoms. The molecule has 0 radical (unpaired) electrons. The lowest BCUT2D eigenvalue weighted by Gasteiger charge is -2.24. The lowest BCUT2D eigenvalue weighted by atomic mass is 10.2. The number of ether oxygens (including phenoxy) is 2.